The second kappa shape index (κ2) is 9.19. The van der Waals surface area contributed by atoms with Crippen LogP contribution in [0.4, 0.5) is 0 Å². The predicted octanol–water partition coefficient (Wildman–Crippen LogP) is 3.49. The van der Waals surface area contributed by atoms with Crippen molar-refractivity contribution in [3.63, 3.8) is 0 Å². The molecule has 0 amide bonds. The van der Waals surface area contributed by atoms with Crippen LogP contribution < -0.4 is 5.32 Å². The maximum atomic E-state index is 6.03. The molecule has 118 valence electrons. The molecule has 0 bridgehead atoms. The highest BCUT2D eigenvalue weighted by Gasteiger charge is 2.23. The first-order valence-electron chi connectivity index (χ1n) is 8.35. The lowest BCUT2D eigenvalue weighted by atomic mass is 9.93. The minimum atomic E-state index is 0.227. The Bertz CT molecular complexity index is 408. The van der Waals surface area contributed by atoms with Gasteiger partial charge in [0.2, 0.25) is 0 Å². The average molecular weight is 291 g/mol. The summed E-state index contributed by atoms with van der Waals surface area (Å²) < 4.78 is 11.7. The molecule has 0 aliphatic carbocycles. The van der Waals surface area contributed by atoms with Crippen LogP contribution in [0.25, 0.3) is 0 Å². The van der Waals surface area contributed by atoms with E-state index in [9.17, 15) is 0 Å². The van der Waals surface area contributed by atoms with E-state index in [1.807, 2.05) is 0 Å². The third-order valence-corrected chi connectivity index (χ3v) is 4.04. The number of benzene rings is 1. The Morgan fingerprint density at radius 3 is 2.95 bits per heavy atom. The highest BCUT2D eigenvalue weighted by Crippen LogP contribution is 2.30. The SMILES string of the molecule is CCCOCCC(CC1OCCc2ccccc21)NCC. The molecule has 1 N–H and O–H groups in total. The van der Waals surface area contributed by atoms with Crippen molar-refractivity contribution in [2.75, 3.05) is 26.4 Å². The lowest BCUT2D eigenvalue weighted by Crippen LogP contribution is -2.33. The summed E-state index contributed by atoms with van der Waals surface area (Å²) in [6, 6.07) is 9.16. The molecule has 0 spiro atoms. The van der Waals surface area contributed by atoms with Crippen molar-refractivity contribution in [2.45, 2.75) is 51.7 Å². The van der Waals surface area contributed by atoms with Crippen LogP contribution in [0.5, 0.6) is 0 Å². The van der Waals surface area contributed by atoms with Crippen LogP contribution in [-0.4, -0.2) is 32.4 Å². The van der Waals surface area contributed by atoms with Gasteiger partial charge in [0.15, 0.2) is 0 Å². The molecule has 0 saturated heterocycles. The molecule has 3 heteroatoms. The van der Waals surface area contributed by atoms with Crippen molar-refractivity contribution in [3.8, 4) is 0 Å². The Morgan fingerprint density at radius 1 is 1.29 bits per heavy atom. The largest absolute Gasteiger partial charge is 0.381 e. The van der Waals surface area contributed by atoms with Gasteiger partial charge in [-0.15, -0.1) is 0 Å². The van der Waals surface area contributed by atoms with Gasteiger partial charge in [0.1, 0.15) is 0 Å². The molecule has 2 rings (SSSR count). The van der Waals surface area contributed by atoms with Gasteiger partial charge in [-0.25, -0.2) is 0 Å². The molecular weight excluding hydrogens is 262 g/mol. The quantitative estimate of drug-likeness (QED) is 0.707. The molecule has 0 aromatic heterocycles. The molecule has 1 aliphatic heterocycles. The van der Waals surface area contributed by atoms with Crippen molar-refractivity contribution < 1.29 is 9.47 Å². The second-order valence-corrected chi connectivity index (χ2v) is 5.70. The van der Waals surface area contributed by atoms with Crippen LogP contribution in [0.2, 0.25) is 0 Å². The van der Waals surface area contributed by atoms with E-state index in [-0.39, 0.29) is 6.10 Å². The first-order chi connectivity index (χ1) is 10.3. The van der Waals surface area contributed by atoms with Crippen molar-refractivity contribution in [3.05, 3.63) is 35.4 Å². The molecular formula is C18H29NO2. The van der Waals surface area contributed by atoms with Crippen molar-refractivity contribution >= 4 is 0 Å². The summed E-state index contributed by atoms with van der Waals surface area (Å²) in [6.45, 7) is 7.84. The van der Waals surface area contributed by atoms with Gasteiger partial charge in [0, 0.05) is 19.3 Å². The Morgan fingerprint density at radius 2 is 2.14 bits per heavy atom. The zero-order chi connectivity index (χ0) is 14.9. The van der Waals surface area contributed by atoms with Crippen molar-refractivity contribution in [1.29, 1.82) is 0 Å². The Kier molecular flexibility index (Phi) is 7.20. The number of nitrogens with one attached hydrogen (secondary N) is 1. The predicted molar refractivity (Wildman–Crippen MR) is 86.6 cm³/mol. The van der Waals surface area contributed by atoms with Gasteiger partial charge in [-0.05, 0) is 43.4 Å². The van der Waals surface area contributed by atoms with Gasteiger partial charge >= 0.3 is 0 Å². The van der Waals surface area contributed by atoms with Crippen LogP contribution in [0.3, 0.4) is 0 Å². The molecule has 0 fully saturated rings. The topological polar surface area (TPSA) is 30.5 Å². The molecule has 1 aromatic carbocycles. The summed E-state index contributed by atoms with van der Waals surface area (Å²) in [4.78, 5) is 0. The molecule has 1 aliphatic rings. The van der Waals surface area contributed by atoms with Crippen LogP contribution in [0.1, 0.15) is 50.3 Å². The van der Waals surface area contributed by atoms with Crippen LogP contribution in [0, 0.1) is 0 Å². The molecule has 3 nitrogen and oxygen atoms in total. The molecule has 1 aromatic rings. The van der Waals surface area contributed by atoms with Gasteiger partial charge < -0.3 is 14.8 Å². The lowest BCUT2D eigenvalue weighted by Gasteiger charge is -2.29. The maximum Gasteiger partial charge on any atom is 0.0842 e. The van der Waals surface area contributed by atoms with Gasteiger partial charge in [0.05, 0.1) is 12.7 Å². The summed E-state index contributed by atoms with van der Waals surface area (Å²) >= 11 is 0. The zero-order valence-electron chi connectivity index (χ0n) is 13.4. The Balaban J connectivity index is 1.91. The number of fused-ring (bicyclic) bond motifs is 1. The van der Waals surface area contributed by atoms with Crippen molar-refractivity contribution in [2.24, 2.45) is 0 Å². The van der Waals surface area contributed by atoms with Gasteiger partial charge in [-0.1, -0.05) is 38.1 Å². The van der Waals surface area contributed by atoms with E-state index in [4.69, 9.17) is 9.47 Å². The summed E-state index contributed by atoms with van der Waals surface area (Å²) in [5.41, 5.74) is 2.83. The minimum Gasteiger partial charge on any atom is -0.381 e. The fraction of sp³-hybridized carbons (Fsp3) is 0.667. The van der Waals surface area contributed by atoms with E-state index in [1.165, 1.54) is 11.1 Å². The highest BCUT2D eigenvalue weighted by molar-refractivity contribution is 5.31. The Labute approximate surface area is 129 Å². The fourth-order valence-corrected chi connectivity index (χ4v) is 2.99. The lowest BCUT2D eigenvalue weighted by molar-refractivity contribution is 0.0257. The monoisotopic (exact) mass is 291 g/mol. The number of hydrogen-bond acceptors (Lipinski definition) is 3. The standard InChI is InChI=1S/C18H29NO2/c1-3-11-20-12-10-16(19-4-2)14-18-17-8-6-5-7-15(17)9-13-21-18/h5-8,16,18-19H,3-4,9-14H2,1-2H3. The summed E-state index contributed by atoms with van der Waals surface area (Å²) in [6.07, 6.45) is 4.43. The van der Waals surface area contributed by atoms with E-state index in [0.29, 0.717) is 6.04 Å². The molecule has 0 radical (unpaired) electrons. The first-order valence-corrected chi connectivity index (χ1v) is 8.35. The normalized spacial score (nSPS) is 19.2. The van der Waals surface area contributed by atoms with E-state index in [0.717, 1.165) is 52.0 Å². The smallest absolute Gasteiger partial charge is 0.0842 e. The summed E-state index contributed by atoms with van der Waals surface area (Å²) in [7, 11) is 0. The highest BCUT2D eigenvalue weighted by atomic mass is 16.5. The van der Waals surface area contributed by atoms with E-state index in [2.05, 4.69) is 43.4 Å². The van der Waals surface area contributed by atoms with Gasteiger partial charge in [-0.2, -0.15) is 0 Å². The summed E-state index contributed by atoms with van der Waals surface area (Å²) in [5, 5.41) is 3.58. The van der Waals surface area contributed by atoms with Crippen LogP contribution in [0.15, 0.2) is 24.3 Å². The maximum absolute atomic E-state index is 6.03. The zero-order valence-corrected chi connectivity index (χ0v) is 13.4. The van der Waals surface area contributed by atoms with Crippen LogP contribution in [-0.2, 0) is 15.9 Å². The molecule has 0 saturated carbocycles. The molecule has 2 unspecified atom stereocenters. The van der Waals surface area contributed by atoms with Crippen LogP contribution >= 0.6 is 0 Å². The number of hydrogen-bond donors (Lipinski definition) is 1. The second-order valence-electron chi connectivity index (χ2n) is 5.70. The molecule has 1 heterocycles. The van der Waals surface area contributed by atoms with E-state index < -0.39 is 0 Å². The van der Waals surface area contributed by atoms with Gasteiger partial charge in [0.25, 0.3) is 0 Å². The number of ether oxygens (including phenoxy) is 2. The van der Waals surface area contributed by atoms with Gasteiger partial charge in [-0.3, -0.25) is 0 Å². The molecule has 2 atom stereocenters. The molecule has 21 heavy (non-hydrogen) atoms. The number of rotatable bonds is 9. The van der Waals surface area contributed by atoms with E-state index in [1.54, 1.807) is 0 Å². The fourth-order valence-electron chi connectivity index (χ4n) is 2.99. The van der Waals surface area contributed by atoms with E-state index >= 15 is 0 Å². The Hall–Kier alpha value is -0.900. The van der Waals surface area contributed by atoms with Crippen molar-refractivity contribution in [1.82, 2.24) is 5.32 Å². The summed E-state index contributed by atoms with van der Waals surface area (Å²) in [5.74, 6) is 0. The third kappa shape index (κ3) is 5.10. The average Bonchev–Trinajstić information content (AvgIpc) is 2.52. The third-order valence-electron chi connectivity index (χ3n) is 4.04. The first kappa shape index (κ1) is 16.5. The minimum absolute atomic E-state index is 0.227.